The van der Waals surface area contributed by atoms with Crippen molar-refractivity contribution in [1.82, 2.24) is 15.0 Å². The lowest BCUT2D eigenvalue weighted by Crippen LogP contribution is -2.00. The number of furan rings is 2. The molecule has 0 saturated heterocycles. The van der Waals surface area contributed by atoms with Gasteiger partial charge in [-0.2, -0.15) is 0 Å². The van der Waals surface area contributed by atoms with Crippen molar-refractivity contribution < 1.29 is 8.83 Å². The van der Waals surface area contributed by atoms with E-state index >= 15 is 0 Å². The molecule has 3 aromatic heterocycles. The molecule has 0 unspecified atom stereocenters. The van der Waals surface area contributed by atoms with Crippen LogP contribution in [0, 0.1) is 0 Å². The second-order valence-electron chi connectivity index (χ2n) is 12.0. The van der Waals surface area contributed by atoms with E-state index in [2.05, 4.69) is 103 Å². The molecule has 224 valence electrons. The maximum atomic E-state index is 6.47. The van der Waals surface area contributed by atoms with Crippen LogP contribution in [0.1, 0.15) is 0 Å². The van der Waals surface area contributed by atoms with Crippen molar-refractivity contribution in [2.24, 2.45) is 0 Å². The first-order chi connectivity index (χ1) is 23.8. The lowest BCUT2D eigenvalue weighted by Gasteiger charge is -2.10. The van der Waals surface area contributed by atoms with Gasteiger partial charge in [-0.25, -0.2) is 15.0 Å². The maximum Gasteiger partial charge on any atom is 0.164 e. The van der Waals surface area contributed by atoms with E-state index in [4.69, 9.17) is 23.8 Å². The minimum absolute atomic E-state index is 0.577. The number of hydrogen-bond donors (Lipinski definition) is 0. The molecule has 0 atom stereocenters. The van der Waals surface area contributed by atoms with Gasteiger partial charge < -0.3 is 8.83 Å². The lowest BCUT2D eigenvalue weighted by atomic mass is 10.0. The van der Waals surface area contributed by atoms with Crippen molar-refractivity contribution in [2.75, 3.05) is 0 Å². The fraction of sp³-hybridized carbons (Fsp3) is 0. The van der Waals surface area contributed by atoms with Crippen LogP contribution in [0.15, 0.2) is 160 Å². The first kappa shape index (κ1) is 26.6. The third kappa shape index (κ3) is 4.22. The smallest absolute Gasteiger partial charge is 0.164 e. The Labute approximate surface area is 274 Å². The molecule has 0 aliphatic heterocycles. The molecule has 48 heavy (non-hydrogen) atoms. The van der Waals surface area contributed by atoms with E-state index < -0.39 is 0 Å². The van der Waals surface area contributed by atoms with Crippen LogP contribution in [-0.2, 0) is 0 Å². The Kier molecular flexibility index (Phi) is 5.81. The van der Waals surface area contributed by atoms with E-state index in [1.807, 2.05) is 48.5 Å². The average Bonchev–Trinajstić information content (AvgIpc) is 3.73. The summed E-state index contributed by atoms with van der Waals surface area (Å²) < 4.78 is 12.7. The van der Waals surface area contributed by atoms with Crippen molar-refractivity contribution in [2.45, 2.75) is 0 Å². The molecule has 0 aliphatic carbocycles. The first-order valence-electron chi connectivity index (χ1n) is 15.9. The fourth-order valence-electron chi connectivity index (χ4n) is 6.86. The molecule has 7 aromatic carbocycles. The Morgan fingerprint density at radius 2 is 0.917 bits per heavy atom. The maximum absolute atomic E-state index is 6.47. The summed E-state index contributed by atoms with van der Waals surface area (Å²) in [6.07, 6.45) is 0. The molecule has 0 N–H and O–H groups in total. The Bertz CT molecular complexity index is 2850. The highest BCUT2D eigenvalue weighted by atomic mass is 16.3. The van der Waals surface area contributed by atoms with Crippen LogP contribution in [0.25, 0.3) is 99.9 Å². The normalized spacial score (nSPS) is 11.8. The van der Waals surface area contributed by atoms with Gasteiger partial charge in [-0.3, -0.25) is 0 Å². The summed E-state index contributed by atoms with van der Waals surface area (Å²) in [5.74, 6) is 1.76. The van der Waals surface area contributed by atoms with E-state index in [0.717, 1.165) is 82.5 Å². The summed E-state index contributed by atoms with van der Waals surface area (Å²) in [7, 11) is 0. The third-order valence-electron chi connectivity index (χ3n) is 9.13. The van der Waals surface area contributed by atoms with Gasteiger partial charge in [-0.1, -0.05) is 115 Å². The van der Waals surface area contributed by atoms with Gasteiger partial charge in [0.25, 0.3) is 0 Å². The highest BCUT2D eigenvalue weighted by molar-refractivity contribution is 6.13. The summed E-state index contributed by atoms with van der Waals surface area (Å²) >= 11 is 0. The van der Waals surface area contributed by atoms with Gasteiger partial charge in [0.1, 0.15) is 22.3 Å². The minimum atomic E-state index is 0.577. The molecule has 0 amide bonds. The van der Waals surface area contributed by atoms with E-state index in [9.17, 15) is 0 Å². The molecule has 0 spiro atoms. The van der Waals surface area contributed by atoms with Gasteiger partial charge in [-0.05, 0) is 58.3 Å². The molecule has 3 heterocycles. The zero-order valence-electron chi connectivity index (χ0n) is 25.6. The second kappa shape index (κ2) is 10.5. The minimum Gasteiger partial charge on any atom is -0.456 e. The van der Waals surface area contributed by atoms with Crippen LogP contribution in [0.3, 0.4) is 0 Å². The SMILES string of the molecule is c1ccc(-c2ccc3c(c2)oc2cccc(-c4nc(-c5ccc6ccccc6c5)nc(-c5cccc6oc7ccccc7c56)n4)c23)cc1. The molecule has 10 rings (SSSR count). The van der Waals surface area contributed by atoms with Gasteiger partial charge in [0.2, 0.25) is 0 Å². The molecular formula is C43H25N3O2. The van der Waals surface area contributed by atoms with Crippen LogP contribution in [0.5, 0.6) is 0 Å². The largest absolute Gasteiger partial charge is 0.456 e. The molecule has 0 fully saturated rings. The highest BCUT2D eigenvalue weighted by Crippen LogP contribution is 2.40. The van der Waals surface area contributed by atoms with E-state index in [1.165, 1.54) is 0 Å². The Morgan fingerprint density at radius 1 is 0.333 bits per heavy atom. The van der Waals surface area contributed by atoms with Gasteiger partial charge >= 0.3 is 0 Å². The number of rotatable bonds is 4. The standard InChI is InChI=1S/C43H25N3O2/c1-2-10-26(11-3-1)29-22-23-32-38(25-29)48-37-19-9-16-34(40(32)37)43-45-41(30-21-20-27-12-4-5-13-28(27)24-30)44-42(46-43)33-15-8-18-36-39(33)31-14-6-7-17-35(31)47-36/h1-25H. The molecule has 5 nitrogen and oxygen atoms in total. The van der Waals surface area contributed by atoms with E-state index in [1.54, 1.807) is 0 Å². The molecule has 0 bridgehead atoms. The summed E-state index contributed by atoms with van der Waals surface area (Å²) in [4.78, 5) is 15.5. The van der Waals surface area contributed by atoms with Crippen LogP contribution < -0.4 is 0 Å². The van der Waals surface area contributed by atoms with E-state index in [0.29, 0.717) is 17.5 Å². The van der Waals surface area contributed by atoms with E-state index in [-0.39, 0.29) is 0 Å². The Morgan fingerprint density at radius 3 is 1.69 bits per heavy atom. The quantitative estimate of drug-likeness (QED) is 0.197. The average molecular weight is 616 g/mol. The van der Waals surface area contributed by atoms with Crippen LogP contribution >= 0.6 is 0 Å². The van der Waals surface area contributed by atoms with Gasteiger partial charge in [-0.15, -0.1) is 0 Å². The Balaban J connectivity index is 1.23. The van der Waals surface area contributed by atoms with Gasteiger partial charge in [0, 0.05) is 38.2 Å². The zero-order valence-corrected chi connectivity index (χ0v) is 25.6. The van der Waals surface area contributed by atoms with Gasteiger partial charge in [0.05, 0.1) is 0 Å². The van der Waals surface area contributed by atoms with Crippen LogP contribution in [-0.4, -0.2) is 15.0 Å². The molecule has 0 aliphatic rings. The summed E-state index contributed by atoms with van der Waals surface area (Å²) in [5.41, 5.74) is 8.15. The summed E-state index contributed by atoms with van der Waals surface area (Å²) in [6, 6.07) is 51.6. The third-order valence-corrected chi connectivity index (χ3v) is 9.13. The topological polar surface area (TPSA) is 65.0 Å². The molecule has 0 radical (unpaired) electrons. The summed E-state index contributed by atoms with van der Waals surface area (Å²) in [5, 5.41) is 6.27. The Hall–Kier alpha value is -6.59. The number of fused-ring (bicyclic) bond motifs is 7. The zero-order chi connectivity index (χ0) is 31.6. The number of aromatic nitrogens is 3. The monoisotopic (exact) mass is 615 g/mol. The fourth-order valence-corrected chi connectivity index (χ4v) is 6.86. The van der Waals surface area contributed by atoms with Crippen molar-refractivity contribution in [3.63, 3.8) is 0 Å². The van der Waals surface area contributed by atoms with Crippen LogP contribution in [0.4, 0.5) is 0 Å². The second-order valence-corrected chi connectivity index (χ2v) is 12.0. The number of nitrogens with zero attached hydrogens (tertiary/aromatic N) is 3. The van der Waals surface area contributed by atoms with Crippen molar-refractivity contribution >= 4 is 54.6 Å². The predicted octanol–water partition coefficient (Wildman–Crippen LogP) is 11.5. The predicted molar refractivity (Wildman–Crippen MR) is 194 cm³/mol. The molecule has 5 heteroatoms. The summed E-state index contributed by atoms with van der Waals surface area (Å²) in [6.45, 7) is 0. The molecule has 0 saturated carbocycles. The number of hydrogen-bond acceptors (Lipinski definition) is 5. The van der Waals surface area contributed by atoms with Crippen LogP contribution in [0.2, 0.25) is 0 Å². The highest BCUT2D eigenvalue weighted by Gasteiger charge is 2.20. The van der Waals surface area contributed by atoms with Crippen molar-refractivity contribution in [1.29, 1.82) is 0 Å². The first-order valence-corrected chi connectivity index (χ1v) is 15.9. The number of para-hydroxylation sites is 1. The molecule has 10 aromatic rings. The lowest BCUT2D eigenvalue weighted by molar-refractivity contribution is 0.668. The van der Waals surface area contributed by atoms with Gasteiger partial charge in [0.15, 0.2) is 17.5 Å². The van der Waals surface area contributed by atoms with Crippen molar-refractivity contribution in [3.8, 4) is 45.3 Å². The molecular weight excluding hydrogens is 590 g/mol. The van der Waals surface area contributed by atoms with Crippen molar-refractivity contribution in [3.05, 3.63) is 152 Å². The number of benzene rings is 7.